The lowest BCUT2D eigenvalue weighted by Crippen LogP contribution is -2.26. The van der Waals surface area contributed by atoms with Crippen molar-refractivity contribution in [1.29, 1.82) is 0 Å². The predicted octanol–water partition coefficient (Wildman–Crippen LogP) is 4.58. The second kappa shape index (κ2) is 12.3. The van der Waals surface area contributed by atoms with Crippen LogP contribution in [0.4, 0.5) is 49.5 Å². The minimum atomic E-state index is -5.08. The highest BCUT2D eigenvalue weighted by atomic mass is 19.4. The van der Waals surface area contributed by atoms with Gasteiger partial charge in [-0.15, -0.1) is 0 Å². The number of aliphatic carboxylic acids is 1. The summed E-state index contributed by atoms with van der Waals surface area (Å²) in [5.74, 6) is -5.76. The van der Waals surface area contributed by atoms with Crippen molar-refractivity contribution in [2.24, 2.45) is 0 Å². The van der Waals surface area contributed by atoms with E-state index in [4.69, 9.17) is 23.8 Å². The molecule has 2 aromatic heterocycles. The molecule has 4 aromatic rings. The number of benzene rings is 2. The van der Waals surface area contributed by atoms with Crippen LogP contribution < -0.4 is 20.7 Å². The predicted molar refractivity (Wildman–Crippen MR) is 128 cm³/mol. The number of alkyl halides is 5. The van der Waals surface area contributed by atoms with Gasteiger partial charge < -0.3 is 24.3 Å². The third kappa shape index (κ3) is 7.43. The largest absolute Gasteiger partial charge is 0.497 e. The van der Waals surface area contributed by atoms with Gasteiger partial charge in [-0.2, -0.15) is 26.9 Å². The van der Waals surface area contributed by atoms with Gasteiger partial charge in [0.2, 0.25) is 5.95 Å². The van der Waals surface area contributed by atoms with Crippen molar-refractivity contribution >= 4 is 46.2 Å². The van der Waals surface area contributed by atoms with E-state index in [1.165, 1.54) is 31.4 Å². The second-order valence-electron chi connectivity index (χ2n) is 7.57. The van der Waals surface area contributed by atoms with E-state index in [1.807, 2.05) is 0 Å². The van der Waals surface area contributed by atoms with Crippen molar-refractivity contribution < 1.29 is 54.9 Å². The fourth-order valence-corrected chi connectivity index (χ4v) is 3.13. The zero-order valence-electron chi connectivity index (χ0n) is 20.6. The minimum Gasteiger partial charge on any atom is -0.497 e. The molecule has 0 unspecified atom stereocenters. The highest BCUT2D eigenvalue weighted by Crippen LogP contribution is 2.32. The number of esters is 1. The molecule has 0 spiro atoms. The zero-order chi connectivity index (χ0) is 30.5. The van der Waals surface area contributed by atoms with E-state index < -0.39 is 42.2 Å². The number of nitrogens with zero attached hydrogens (tertiary/aromatic N) is 3. The number of anilines is 4. The first-order valence-corrected chi connectivity index (χ1v) is 10.8. The van der Waals surface area contributed by atoms with Gasteiger partial charge >= 0.3 is 30.4 Å². The Kier molecular flexibility index (Phi) is 9.05. The summed E-state index contributed by atoms with van der Waals surface area (Å²) < 4.78 is 88.4. The lowest BCUT2D eigenvalue weighted by Gasteiger charge is -2.23. The van der Waals surface area contributed by atoms with Crippen LogP contribution in [0, 0.1) is 5.82 Å². The number of carboxylic acid groups (broad SMARTS) is 1. The molecular weight excluding hydrogens is 572 g/mol. The lowest BCUT2D eigenvalue weighted by molar-refractivity contribution is -0.192. The number of carboxylic acids is 1. The zero-order valence-corrected chi connectivity index (χ0v) is 20.6. The molecule has 0 fully saturated rings. The van der Waals surface area contributed by atoms with E-state index in [0.29, 0.717) is 16.1 Å². The van der Waals surface area contributed by atoms with E-state index in [-0.39, 0.29) is 28.4 Å². The SMILES string of the molecule is COC(=O)c1cnc(N(c2cc(F)cc(OC)c2)C(F)F)nc1Nc1ccc2oc(=O)[nH]c2c1.O=C(O)C(F)(F)F. The van der Waals surface area contributed by atoms with Crippen LogP contribution in [0.2, 0.25) is 0 Å². The first-order chi connectivity index (χ1) is 19.2. The van der Waals surface area contributed by atoms with Crippen LogP contribution in [0.15, 0.2) is 51.8 Å². The number of rotatable bonds is 7. The highest BCUT2D eigenvalue weighted by Gasteiger charge is 2.38. The molecule has 0 amide bonds. The van der Waals surface area contributed by atoms with Gasteiger partial charge in [0.15, 0.2) is 11.4 Å². The summed E-state index contributed by atoms with van der Waals surface area (Å²) in [6, 6.07) is 7.57. The molecule has 18 heteroatoms. The maximum absolute atomic E-state index is 14.0. The standard InChI is InChI=1S/C21H16F3N5O5.C2HF3O2/c1-32-13-6-10(22)5-12(8-13)29(19(23)24)20-25-9-14(18(30)33-2)17(28-20)26-11-3-4-16-15(7-11)27-21(31)34-16;3-2(4,5)1(6)7/h3-9,19H,1-2H3,(H,27,31)(H,25,26,28);(H,6,7). The summed E-state index contributed by atoms with van der Waals surface area (Å²) in [4.78, 5) is 43.3. The number of nitrogens with one attached hydrogen (secondary N) is 2. The lowest BCUT2D eigenvalue weighted by atomic mass is 10.2. The Bertz CT molecular complexity index is 1620. The maximum Gasteiger partial charge on any atom is 0.490 e. The molecule has 3 N–H and O–H groups in total. The van der Waals surface area contributed by atoms with Crippen LogP contribution in [0.5, 0.6) is 5.75 Å². The van der Waals surface area contributed by atoms with Gasteiger partial charge in [0, 0.05) is 24.0 Å². The molecule has 0 aliphatic carbocycles. The number of hydrogen-bond acceptors (Lipinski definition) is 10. The van der Waals surface area contributed by atoms with Crippen LogP contribution >= 0.6 is 0 Å². The highest BCUT2D eigenvalue weighted by molar-refractivity contribution is 5.95. The maximum atomic E-state index is 14.0. The van der Waals surface area contributed by atoms with Crippen molar-refractivity contribution in [1.82, 2.24) is 15.0 Å². The van der Waals surface area contributed by atoms with E-state index >= 15 is 0 Å². The Balaban J connectivity index is 0.000000587. The first kappa shape index (κ1) is 30.3. The summed E-state index contributed by atoms with van der Waals surface area (Å²) in [5.41, 5.74) is 0.551. The molecule has 0 aliphatic rings. The van der Waals surface area contributed by atoms with Crippen molar-refractivity contribution in [2.45, 2.75) is 12.7 Å². The van der Waals surface area contributed by atoms with Crippen LogP contribution in [0.3, 0.4) is 0 Å². The number of carbonyl (C=O) groups excluding carboxylic acids is 1. The fourth-order valence-electron chi connectivity index (χ4n) is 3.13. The molecule has 4 rings (SSSR count). The van der Waals surface area contributed by atoms with E-state index in [0.717, 1.165) is 25.4 Å². The monoisotopic (exact) mass is 589 g/mol. The summed E-state index contributed by atoms with van der Waals surface area (Å²) in [6.45, 7) is -3.17. The number of methoxy groups -OCH3 is 2. The average Bonchev–Trinajstić information content (AvgIpc) is 3.27. The smallest absolute Gasteiger partial charge is 0.490 e. The molecule has 12 nitrogen and oxygen atoms in total. The molecule has 0 radical (unpaired) electrons. The number of H-pyrrole nitrogens is 1. The van der Waals surface area contributed by atoms with Gasteiger partial charge in [-0.25, -0.2) is 23.8 Å². The van der Waals surface area contributed by atoms with Crippen LogP contribution in [0.1, 0.15) is 10.4 Å². The van der Waals surface area contributed by atoms with Gasteiger partial charge in [0.25, 0.3) is 0 Å². The number of halogens is 6. The molecule has 0 atom stereocenters. The molecule has 41 heavy (non-hydrogen) atoms. The van der Waals surface area contributed by atoms with Crippen molar-refractivity contribution in [2.75, 3.05) is 24.4 Å². The summed E-state index contributed by atoms with van der Waals surface area (Å²) in [6.07, 6.45) is -4.08. The molecular formula is C23H17F6N5O7. The van der Waals surface area contributed by atoms with Crippen LogP contribution in [-0.2, 0) is 9.53 Å². The Labute approximate surface area is 224 Å². The van der Waals surface area contributed by atoms with Crippen LogP contribution in [0.25, 0.3) is 11.1 Å². The Morgan fingerprint density at radius 3 is 2.41 bits per heavy atom. The molecule has 0 saturated heterocycles. The first-order valence-electron chi connectivity index (χ1n) is 10.8. The Morgan fingerprint density at radius 2 is 1.83 bits per heavy atom. The Morgan fingerprint density at radius 1 is 1.15 bits per heavy atom. The molecule has 0 bridgehead atoms. The molecule has 2 aromatic carbocycles. The van der Waals surface area contributed by atoms with Crippen molar-refractivity contribution in [3.8, 4) is 5.75 Å². The molecule has 0 aliphatic heterocycles. The third-order valence-corrected chi connectivity index (χ3v) is 4.89. The molecule has 0 saturated carbocycles. The molecule has 218 valence electrons. The Hall–Kier alpha value is -5.29. The molecule has 2 heterocycles. The number of oxazole rings is 1. The third-order valence-electron chi connectivity index (χ3n) is 4.89. The van der Waals surface area contributed by atoms with Gasteiger partial charge in [0.05, 0.1) is 25.4 Å². The van der Waals surface area contributed by atoms with E-state index in [2.05, 4.69) is 20.3 Å². The van der Waals surface area contributed by atoms with E-state index in [9.17, 15) is 35.9 Å². The van der Waals surface area contributed by atoms with Crippen LogP contribution in [-0.4, -0.2) is 58.9 Å². The van der Waals surface area contributed by atoms with Gasteiger partial charge in [-0.1, -0.05) is 0 Å². The fraction of sp³-hybridized carbons (Fsp3) is 0.174. The number of hydrogen-bond donors (Lipinski definition) is 3. The van der Waals surface area contributed by atoms with E-state index in [1.54, 1.807) is 0 Å². The van der Waals surface area contributed by atoms with Gasteiger partial charge in [-0.05, 0) is 24.3 Å². The van der Waals surface area contributed by atoms with Crippen molar-refractivity contribution in [3.05, 3.63) is 64.5 Å². The quantitative estimate of drug-likeness (QED) is 0.157. The summed E-state index contributed by atoms with van der Waals surface area (Å²) >= 11 is 0. The number of aromatic nitrogens is 3. The summed E-state index contributed by atoms with van der Waals surface area (Å²) in [5, 5.41) is 9.95. The van der Waals surface area contributed by atoms with Gasteiger partial charge in [0.1, 0.15) is 17.1 Å². The number of ether oxygens (including phenoxy) is 2. The van der Waals surface area contributed by atoms with Gasteiger partial charge in [-0.3, -0.25) is 9.88 Å². The number of fused-ring (bicyclic) bond motifs is 1. The van der Waals surface area contributed by atoms with Crippen molar-refractivity contribution in [3.63, 3.8) is 0 Å². The topological polar surface area (TPSA) is 160 Å². The summed E-state index contributed by atoms with van der Waals surface area (Å²) in [7, 11) is 2.39. The number of aromatic amines is 1. The average molecular weight is 589 g/mol. The normalized spacial score (nSPS) is 11.0. The number of carbonyl (C=O) groups is 2. The minimum absolute atomic E-state index is 0.00702. The second-order valence-corrected chi connectivity index (χ2v) is 7.57.